The van der Waals surface area contributed by atoms with Gasteiger partial charge in [-0.05, 0) is 72.7 Å². The highest BCUT2D eigenvalue weighted by Gasteiger charge is 2.34. The van der Waals surface area contributed by atoms with E-state index in [1.54, 1.807) is 6.07 Å². The largest absolute Gasteiger partial charge is 0.497 e. The molecule has 1 aromatic heterocycles. The Kier molecular flexibility index (Phi) is 7.80. The second-order valence-electron chi connectivity index (χ2n) is 9.61. The lowest BCUT2D eigenvalue weighted by atomic mass is 9.91. The maximum absolute atomic E-state index is 15.0. The maximum atomic E-state index is 15.0. The SMILES string of the molecule is COc1ccc(F)c(-c2sc(COc3cccc(C(CC(=O)O)C4CC4)c3)nc2-c2ccc(C(F)(F)F)cc2)c1. The van der Waals surface area contributed by atoms with Crippen LogP contribution in [0.4, 0.5) is 17.6 Å². The van der Waals surface area contributed by atoms with E-state index in [4.69, 9.17) is 9.47 Å². The molecule has 0 bridgehead atoms. The molecule has 0 spiro atoms. The Bertz CT molecular complexity index is 1510. The lowest BCUT2D eigenvalue weighted by Crippen LogP contribution is -2.08. The predicted molar refractivity (Wildman–Crippen MR) is 143 cm³/mol. The molecule has 5 nitrogen and oxygen atoms in total. The lowest BCUT2D eigenvalue weighted by Gasteiger charge is -2.15. The number of aromatic nitrogens is 1. The second kappa shape index (κ2) is 11.3. The summed E-state index contributed by atoms with van der Waals surface area (Å²) in [6, 6.07) is 16.1. The van der Waals surface area contributed by atoms with Crippen LogP contribution in [-0.4, -0.2) is 23.2 Å². The number of hydrogen-bond acceptors (Lipinski definition) is 5. The van der Waals surface area contributed by atoms with E-state index >= 15 is 0 Å². The van der Waals surface area contributed by atoms with E-state index in [1.165, 1.54) is 48.8 Å². The standard InChI is InChI=1S/C30H25F4NO4S/c1-38-21-11-12-25(31)24(14-21)29-28(18-7-9-20(10-8-18)30(32,33)34)35-26(40-29)16-39-22-4-2-3-19(13-22)23(15-27(36)37)17-5-6-17/h2-4,7-14,17,23H,5-6,15-16H2,1H3,(H,36,37). The number of aliphatic carboxylic acids is 1. The highest BCUT2D eigenvalue weighted by atomic mass is 32.1. The third-order valence-electron chi connectivity index (χ3n) is 6.81. The van der Waals surface area contributed by atoms with Gasteiger partial charge in [-0.25, -0.2) is 9.37 Å². The molecule has 40 heavy (non-hydrogen) atoms. The number of alkyl halides is 3. The van der Waals surface area contributed by atoms with Crippen molar-refractivity contribution in [1.82, 2.24) is 4.98 Å². The first-order chi connectivity index (χ1) is 19.1. The van der Waals surface area contributed by atoms with Crippen LogP contribution in [-0.2, 0) is 17.6 Å². The van der Waals surface area contributed by atoms with E-state index in [2.05, 4.69) is 4.98 Å². The van der Waals surface area contributed by atoms with E-state index in [1.807, 2.05) is 18.2 Å². The van der Waals surface area contributed by atoms with Crippen LogP contribution >= 0.6 is 11.3 Å². The summed E-state index contributed by atoms with van der Waals surface area (Å²) < 4.78 is 65.6. The number of nitrogens with zero attached hydrogens (tertiary/aromatic N) is 1. The van der Waals surface area contributed by atoms with Crippen LogP contribution in [0.15, 0.2) is 66.7 Å². The molecule has 1 saturated carbocycles. The van der Waals surface area contributed by atoms with Crippen LogP contribution in [0.2, 0.25) is 0 Å². The monoisotopic (exact) mass is 571 g/mol. The molecule has 1 aliphatic carbocycles. The van der Waals surface area contributed by atoms with Gasteiger partial charge in [0.2, 0.25) is 0 Å². The van der Waals surface area contributed by atoms with Crippen molar-refractivity contribution < 1.29 is 36.9 Å². The van der Waals surface area contributed by atoms with Crippen LogP contribution in [0, 0.1) is 11.7 Å². The quantitative estimate of drug-likeness (QED) is 0.194. The van der Waals surface area contributed by atoms with E-state index < -0.39 is 23.5 Å². The van der Waals surface area contributed by atoms with Gasteiger partial charge in [0.1, 0.15) is 28.9 Å². The van der Waals surface area contributed by atoms with Crippen molar-refractivity contribution in [2.75, 3.05) is 7.11 Å². The van der Waals surface area contributed by atoms with Gasteiger partial charge in [0, 0.05) is 11.1 Å². The van der Waals surface area contributed by atoms with E-state index in [0.717, 1.165) is 30.5 Å². The van der Waals surface area contributed by atoms with E-state index in [0.29, 0.717) is 38.6 Å². The Morgan fingerprint density at radius 1 is 1.07 bits per heavy atom. The molecule has 4 aromatic rings. The third kappa shape index (κ3) is 6.28. The molecule has 0 saturated heterocycles. The van der Waals surface area contributed by atoms with Crippen LogP contribution in [0.1, 0.15) is 41.3 Å². The van der Waals surface area contributed by atoms with Crippen LogP contribution in [0.25, 0.3) is 21.7 Å². The number of carboxylic acids is 1. The Balaban J connectivity index is 1.45. The number of ether oxygens (including phenoxy) is 2. The number of rotatable bonds is 10. The predicted octanol–water partition coefficient (Wildman–Crippen LogP) is 8.19. The molecule has 1 heterocycles. The van der Waals surface area contributed by atoms with Crippen molar-refractivity contribution in [3.63, 3.8) is 0 Å². The molecular weight excluding hydrogens is 546 g/mol. The van der Waals surface area contributed by atoms with Gasteiger partial charge in [0.15, 0.2) is 0 Å². The van der Waals surface area contributed by atoms with E-state index in [-0.39, 0.29) is 24.5 Å². The minimum Gasteiger partial charge on any atom is -0.497 e. The summed E-state index contributed by atoms with van der Waals surface area (Å²) in [6.07, 6.45) is -2.44. The average molecular weight is 572 g/mol. The normalized spacial score (nSPS) is 14.1. The van der Waals surface area contributed by atoms with Crippen molar-refractivity contribution in [2.24, 2.45) is 5.92 Å². The maximum Gasteiger partial charge on any atom is 0.416 e. The number of thiazole rings is 1. The minimum atomic E-state index is -4.49. The number of methoxy groups -OCH3 is 1. The van der Waals surface area contributed by atoms with Crippen molar-refractivity contribution in [2.45, 2.75) is 38.0 Å². The fourth-order valence-electron chi connectivity index (χ4n) is 4.65. The number of halogens is 4. The topological polar surface area (TPSA) is 68.7 Å². The lowest BCUT2D eigenvalue weighted by molar-refractivity contribution is -0.138. The van der Waals surface area contributed by atoms with Gasteiger partial charge in [-0.1, -0.05) is 24.3 Å². The first-order valence-electron chi connectivity index (χ1n) is 12.6. The molecule has 1 aliphatic rings. The average Bonchev–Trinajstić information content (AvgIpc) is 3.69. The van der Waals surface area contributed by atoms with Crippen LogP contribution < -0.4 is 9.47 Å². The first kappa shape index (κ1) is 27.6. The van der Waals surface area contributed by atoms with Gasteiger partial charge >= 0.3 is 12.1 Å². The summed E-state index contributed by atoms with van der Waals surface area (Å²) in [5.74, 6) is -0.161. The molecule has 0 radical (unpaired) electrons. The zero-order valence-electron chi connectivity index (χ0n) is 21.4. The Hall–Kier alpha value is -3.92. The summed E-state index contributed by atoms with van der Waals surface area (Å²) in [7, 11) is 1.46. The van der Waals surface area contributed by atoms with Gasteiger partial charge < -0.3 is 14.6 Å². The van der Waals surface area contributed by atoms with Gasteiger partial charge in [0.25, 0.3) is 0 Å². The molecule has 3 aromatic carbocycles. The summed E-state index contributed by atoms with van der Waals surface area (Å²) in [4.78, 5) is 16.4. The van der Waals surface area contributed by atoms with Crippen LogP contribution in [0.5, 0.6) is 11.5 Å². The fraction of sp³-hybridized carbons (Fsp3) is 0.267. The summed E-state index contributed by atoms with van der Waals surface area (Å²) in [6.45, 7) is 0.0281. The number of carbonyl (C=O) groups is 1. The zero-order chi connectivity index (χ0) is 28.4. The minimum absolute atomic E-state index is 0.0281. The Labute approximate surface area is 232 Å². The summed E-state index contributed by atoms with van der Waals surface area (Å²) in [5.41, 5.74) is 1.03. The summed E-state index contributed by atoms with van der Waals surface area (Å²) in [5, 5.41) is 9.83. The van der Waals surface area contributed by atoms with Gasteiger partial charge in [0.05, 0.1) is 29.7 Å². The molecule has 0 amide bonds. The third-order valence-corrected chi connectivity index (χ3v) is 7.87. The van der Waals surface area contributed by atoms with Crippen molar-refractivity contribution in [3.8, 4) is 33.2 Å². The molecule has 1 fully saturated rings. The summed E-state index contributed by atoms with van der Waals surface area (Å²) >= 11 is 1.17. The van der Waals surface area contributed by atoms with Crippen molar-refractivity contribution in [3.05, 3.63) is 88.7 Å². The number of carboxylic acid groups (broad SMARTS) is 1. The van der Waals surface area contributed by atoms with Crippen molar-refractivity contribution >= 4 is 17.3 Å². The molecule has 1 atom stereocenters. The molecule has 1 unspecified atom stereocenters. The Morgan fingerprint density at radius 3 is 2.48 bits per heavy atom. The molecule has 5 rings (SSSR count). The number of benzene rings is 3. The number of hydrogen-bond donors (Lipinski definition) is 1. The molecule has 1 N–H and O–H groups in total. The molecule has 0 aliphatic heterocycles. The molecule has 208 valence electrons. The molecular formula is C30H25F4NO4S. The smallest absolute Gasteiger partial charge is 0.416 e. The van der Waals surface area contributed by atoms with Gasteiger partial charge in [-0.2, -0.15) is 13.2 Å². The highest BCUT2D eigenvalue weighted by molar-refractivity contribution is 7.15. The Morgan fingerprint density at radius 2 is 1.82 bits per heavy atom. The van der Waals surface area contributed by atoms with Gasteiger partial charge in [-0.3, -0.25) is 4.79 Å². The van der Waals surface area contributed by atoms with Gasteiger partial charge in [-0.15, -0.1) is 11.3 Å². The highest BCUT2D eigenvalue weighted by Crippen LogP contribution is 2.45. The van der Waals surface area contributed by atoms with Crippen LogP contribution in [0.3, 0.4) is 0 Å². The molecule has 10 heteroatoms. The van der Waals surface area contributed by atoms with E-state index in [9.17, 15) is 27.5 Å². The van der Waals surface area contributed by atoms with Crippen molar-refractivity contribution in [1.29, 1.82) is 0 Å². The second-order valence-corrected chi connectivity index (χ2v) is 10.7. The zero-order valence-corrected chi connectivity index (χ0v) is 22.2. The fourth-order valence-corrected chi connectivity index (χ4v) is 5.67. The first-order valence-corrected chi connectivity index (χ1v) is 13.4.